The van der Waals surface area contributed by atoms with Crippen LogP contribution in [0.3, 0.4) is 0 Å². The predicted molar refractivity (Wildman–Crippen MR) is 48.7 cm³/mol. The Hall–Kier alpha value is -1.14. The third kappa shape index (κ3) is 2.18. The van der Waals surface area contributed by atoms with Gasteiger partial charge in [0, 0.05) is 16.1 Å². The standard InChI is InChI=1S/C9H5BrFN/c10-8-4-3-7(2-1-5-12)9(11)6-8/h1-4,6H/b2-1+. The van der Waals surface area contributed by atoms with Crippen molar-refractivity contribution < 1.29 is 4.39 Å². The summed E-state index contributed by atoms with van der Waals surface area (Å²) in [5.41, 5.74) is 0.416. The Labute approximate surface area is 78.3 Å². The molecule has 0 N–H and O–H groups in total. The van der Waals surface area contributed by atoms with E-state index in [-0.39, 0.29) is 5.82 Å². The summed E-state index contributed by atoms with van der Waals surface area (Å²) in [4.78, 5) is 0. The van der Waals surface area contributed by atoms with Gasteiger partial charge in [-0.05, 0) is 18.2 Å². The predicted octanol–water partition coefficient (Wildman–Crippen LogP) is 3.12. The molecule has 1 nitrogen and oxygen atoms in total. The molecule has 0 aliphatic heterocycles. The number of nitriles is 1. The first-order valence-electron chi connectivity index (χ1n) is 3.25. The fourth-order valence-electron chi connectivity index (χ4n) is 0.764. The molecule has 60 valence electrons. The Morgan fingerprint density at radius 3 is 2.83 bits per heavy atom. The van der Waals surface area contributed by atoms with Gasteiger partial charge >= 0.3 is 0 Å². The first-order chi connectivity index (χ1) is 5.74. The first kappa shape index (κ1) is 8.95. The van der Waals surface area contributed by atoms with Crippen LogP contribution in [0.1, 0.15) is 5.56 Å². The van der Waals surface area contributed by atoms with Crippen molar-refractivity contribution in [1.29, 1.82) is 5.26 Å². The van der Waals surface area contributed by atoms with Gasteiger partial charge in [-0.1, -0.05) is 22.0 Å². The minimum absolute atomic E-state index is 0.337. The molecule has 0 bridgehead atoms. The van der Waals surface area contributed by atoms with Crippen LogP contribution in [0.25, 0.3) is 6.08 Å². The number of nitrogens with zero attached hydrogens (tertiary/aromatic N) is 1. The zero-order chi connectivity index (χ0) is 8.97. The minimum atomic E-state index is -0.337. The van der Waals surface area contributed by atoms with Gasteiger partial charge in [-0.15, -0.1) is 0 Å². The van der Waals surface area contributed by atoms with E-state index in [0.717, 1.165) is 0 Å². The van der Waals surface area contributed by atoms with Gasteiger partial charge in [-0.25, -0.2) is 4.39 Å². The molecule has 1 rings (SSSR count). The van der Waals surface area contributed by atoms with Crippen LogP contribution in [-0.2, 0) is 0 Å². The third-order valence-electron chi connectivity index (χ3n) is 1.30. The fourth-order valence-corrected chi connectivity index (χ4v) is 1.10. The molecule has 0 aliphatic carbocycles. The Morgan fingerprint density at radius 2 is 2.25 bits per heavy atom. The van der Waals surface area contributed by atoms with Gasteiger partial charge < -0.3 is 0 Å². The smallest absolute Gasteiger partial charge is 0.131 e. The lowest BCUT2D eigenvalue weighted by molar-refractivity contribution is 0.624. The van der Waals surface area contributed by atoms with Crippen LogP contribution in [0.2, 0.25) is 0 Å². The summed E-state index contributed by atoms with van der Waals surface area (Å²) in [7, 11) is 0. The molecule has 0 unspecified atom stereocenters. The second-order valence-electron chi connectivity index (χ2n) is 2.13. The summed E-state index contributed by atoms with van der Waals surface area (Å²) >= 11 is 3.14. The van der Waals surface area contributed by atoms with Crippen molar-refractivity contribution >= 4 is 22.0 Å². The minimum Gasteiger partial charge on any atom is -0.206 e. The van der Waals surface area contributed by atoms with E-state index in [9.17, 15) is 4.39 Å². The number of hydrogen-bond donors (Lipinski definition) is 0. The van der Waals surface area contributed by atoms with Crippen molar-refractivity contribution in [2.24, 2.45) is 0 Å². The number of benzene rings is 1. The Bertz CT molecular complexity index is 352. The summed E-state index contributed by atoms with van der Waals surface area (Å²) in [5, 5.41) is 8.20. The molecule has 1 aromatic rings. The number of allylic oxidation sites excluding steroid dienone is 1. The van der Waals surface area contributed by atoms with Crippen LogP contribution in [0.4, 0.5) is 4.39 Å². The first-order valence-corrected chi connectivity index (χ1v) is 4.04. The molecule has 0 saturated carbocycles. The molecule has 3 heteroatoms. The van der Waals surface area contributed by atoms with Crippen LogP contribution < -0.4 is 0 Å². The van der Waals surface area contributed by atoms with Crippen molar-refractivity contribution in [3.63, 3.8) is 0 Å². The zero-order valence-corrected chi connectivity index (χ0v) is 7.68. The molecule has 1 aromatic carbocycles. The maximum atomic E-state index is 13.0. The lowest BCUT2D eigenvalue weighted by Crippen LogP contribution is -1.80. The van der Waals surface area contributed by atoms with Gasteiger partial charge in [0.25, 0.3) is 0 Å². The van der Waals surface area contributed by atoms with E-state index >= 15 is 0 Å². The molecule has 0 radical (unpaired) electrons. The lowest BCUT2D eigenvalue weighted by Gasteiger charge is -1.95. The van der Waals surface area contributed by atoms with E-state index in [4.69, 9.17) is 5.26 Å². The van der Waals surface area contributed by atoms with E-state index in [2.05, 4.69) is 15.9 Å². The van der Waals surface area contributed by atoms with E-state index in [1.807, 2.05) is 0 Å². The number of rotatable bonds is 1. The van der Waals surface area contributed by atoms with Crippen molar-refractivity contribution in [2.75, 3.05) is 0 Å². The number of hydrogen-bond acceptors (Lipinski definition) is 1. The molecule has 0 fully saturated rings. The summed E-state index contributed by atoms with van der Waals surface area (Å²) in [5.74, 6) is -0.337. The van der Waals surface area contributed by atoms with Crippen LogP contribution in [-0.4, -0.2) is 0 Å². The molecule has 0 heterocycles. The van der Waals surface area contributed by atoms with Crippen LogP contribution >= 0.6 is 15.9 Å². The largest absolute Gasteiger partial charge is 0.206 e. The van der Waals surface area contributed by atoms with E-state index in [0.29, 0.717) is 10.0 Å². The quantitative estimate of drug-likeness (QED) is 0.675. The maximum Gasteiger partial charge on any atom is 0.131 e. The van der Waals surface area contributed by atoms with Gasteiger partial charge in [0.15, 0.2) is 0 Å². The molecule has 12 heavy (non-hydrogen) atoms. The maximum absolute atomic E-state index is 13.0. The van der Waals surface area contributed by atoms with Crippen LogP contribution in [0, 0.1) is 17.1 Å². The second kappa shape index (κ2) is 4.03. The van der Waals surface area contributed by atoms with Crippen LogP contribution in [0.5, 0.6) is 0 Å². The van der Waals surface area contributed by atoms with E-state index in [1.165, 1.54) is 18.2 Å². The summed E-state index contributed by atoms with van der Waals surface area (Å²) < 4.78 is 13.7. The number of halogens is 2. The summed E-state index contributed by atoms with van der Waals surface area (Å²) in [6.45, 7) is 0. The molecule has 0 aliphatic rings. The van der Waals surface area contributed by atoms with Gasteiger partial charge in [0.05, 0.1) is 6.07 Å². The normalized spacial score (nSPS) is 10.1. The van der Waals surface area contributed by atoms with Crippen LogP contribution in [0.15, 0.2) is 28.7 Å². The van der Waals surface area contributed by atoms with Crippen molar-refractivity contribution in [2.45, 2.75) is 0 Å². The average molecular weight is 226 g/mol. The Kier molecular flexibility index (Phi) is 3.01. The third-order valence-corrected chi connectivity index (χ3v) is 1.79. The lowest BCUT2D eigenvalue weighted by atomic mass is 10.2. The topological polar surface area (TPSA) is 23.8 Å². The highest BCUT2D eigenvalue weighted by Gasteiger charge is 1.97. The van der Waals surface area contributed by atoms with Crippen molar-refractivity contribution in [1.82, 2.24) is 0 Å². The molecule has 0 atom stereocenters. The molecule has 0 amide bonds. The highest BCUT2D eigenvalue weighted by molar-refractivity contribution is 9.10. The second-order valence-corrected chi connectivity index (χ2v) is 3.04. The summed E-state index contributed by atoms with van der Waals surface area (Å²) in [6, 6.07) is 6.48. The highest BCUT2D eigenvalue weighted by atomic mass is 79.9. The van der Waals surface area contributed by atoms with Gasteiger partial charge in [-0.3, -0.25) is 0 Å². The van der Waals surface area contributed by atoms with Gasteiger partial charge in [0.2, 0.25) is 0 Å². The van der Waals surface area contributed by atoms with Gasteiger partial charge in [-0.2, -0.15) is 5.26 Å². The fraction of sp³-hybridized carbons (Fsp3) is 0. The van der Waals surface area contributed by atoms with Crippen molar-refractivity contribution in [3.8, 4) is 6.07 Å². The molecule has 0 aromatic heterocycles. The SMILES string of the molecule is N#C/C=C/c1ccc(Br)cc1F. The van der Waals surface area contributed by atoms with E-state index < -0.39 is 0 Å². The monoisotopic (exact) mass is 225 g/mol. The molecular weight excluding hydrogens is 221 g/mol. The van der Waals surface area contributed by atoms with Gasteiger partial charge in [0.1, 0.15) is 5.82 Å². The molecular formula is C9H5BrFN. The average Bonchev–Trinajstić information content (AvgIpc) is 2.03. The molecule has 0 spiro atoms. The Balaban J connectivity index is 3.03. The van der Waals surface area contributed by atoms with E-state index in [1.54, 1.807) is 18.2 Å². The highest BCUT2D eigenvalue weighted by Crippen LogP contribution is 2.15. The van der Waals surface area contributed by atoms with Crippen molar-refractivity contribution in [3.05, 3.63) is 40.1 Å². The zero-order valence-electron chi connectivity index (χ0n) is 6.09. The molecule has 0 saturated heterocycles. The Morgan fingerprint density at radius 1 is 1.50 bits per heavy atom. The summed E-state index contributed by atoms with van der Waals surface area (Å²) in [6.07, 6.45) is 2.67.